The van der Waals surface area contributed by atoms with Gasteiger partial charge in [-0.05, 0) is 51.0 Å². The molecule has 1 aliphatic rings. The van der Waals surface area contributed by atoms with Crippen molar-refractivity contribution in [3.63, 3.8) is 0 Å². The van der Waals surface area contributed by atoms with Crippen molar-refractivity contribution in [2.45, 2.75) is 43.5 Å². The van der Waals surface area contributed by atoms with E-state index >= 15 is 0 Å². The van der Waals surface area contributed by atoms with E-state index in [2.05, 4.69) is 16.5 Å². The van der Waals surface area contributed by atoms with Crippen molar-refractivity contribution in [3.8, 4) is 0 Å². The second-order valence-corrected chi connectivity index (χ2v) is 7.12. The van der Waals surface area contributed by atoms with Crippen molar-refractivity contribution in [2.24, 2.45) is 0 Å². The molecule has 1 aromatic rings. The molecular formula is C15H24N2O2S. The van der Waals surface area contributed by atoms with Gasteiger partial charge in [0.15, 0.2) is 0 Å². The van der Waals surface area contributed by atoms with Gasteiger partial charge < -0.3 is 4.90 Å². The Bertz CT molecular complexity index is 494. The zero-order chi connectivity index (χ0) is 14.4. The van der Waals surface area contributed by atoms with Crippen LogP contribution in [0, 0.1) is 0 Å². The van der Waals surface area contributed by atoms with Crippen molar-refractivity contribution < 1.29 is 8.42 Å². The summed E-state index contributed by atoms with van der Waals surface area (Å²) in [4.78, 5) is 2.78. The topological polar surface area (TPSA) is 49.4 Å². The van der Waals surface area contributed by atoms with Gasteiger partial charge in [0.05, 0.1) is 4.90 Å². The summed E-state index contributed by atoms with van der Waals surface area (Å²) in [5.41, 5.74) is 0. The zero-order valence-electron chi connectivity index (χ0n) is 12.1. The Balaban J connectivity index is 1.86. The van der Waals surface area contributed by atoms with Crippen LogP contribution in [0.4, 0.5) is 0 Å². The Kier molecular flexibility index (Phi) is 5.57. The molecule has 4 nitrogen and oxygen atoms in total. The van der Waals surface area contributed by atoms with E-state index in [0.29, 0.717) is 4.90 Å². The van der Waals surface area contributed by atoms with E-state index in [0.717, 1.165) is 32.5 Å². The van der Waals surface area contributed by atoms with Gasteiger partial charge in [-0.15, -0.1) is 0 Å². The van der Waals surface area contributed by atoms with Crippen molar-refractivity contribution in [3.05, 3.63) is 30.3 Å². The number of sulfonamides is 1. The van der Waals surface area contributed by atoms with Crippen LogP contribution < -0.4 is 4.72 Å². The maximum absolute atomic E-state index is 12.2. The van der Waals surface area contributed by atoms with Crippen LogP contribution in [0.2, 0.25) is 0 Å². The summed E-state index contributed by atoms with van der Waals surface area (Å²) in [6.07, 6.45) is 4.23. The first-order valence-electron chi connectivity index (χ1n) is 7.41. The van der Waals surface area contributed by atoms with Crippen molar-refractivity contribution in [1.29, 1.82) is 0 Å². The number of rotatable bonds is 6. The van der Waals surface area contributed by atoms with Crippen molar-refractivity contribution in [2.75, 3.05) is 19.6 Å². The highest BCUT2D eigenvalue weighted by molar-refractivity contribution is 7.89. The summed E-state index contributed by atoms with van der Waals surface area (Å²) in [5, 5.41) is 0. The fourth-order valence-electron chi connectivity index (χ4n) is 2.54. The first-order chi connectivity index (χ1) is 9.62. The second kappa shape index (κ2) is 7.20. The van der Waals surface area contributed by atoms with E-state index in [1.54, 1.807) is 24.3 Å². The van der Waals surface area contributed by atoms with Gasteiger partial charge in [0.25, 0.3) is 0 Å². The molecule has 5 heteroatoms. The molecule has 1 aromatic carbocycles. The number of unbranched alkanes of at least 4 members (excludes halogenated alkanes) is 1. The zero-order valence-corrected chi connectivity index (χ0v) is 12.9. The minimum absolute atomic E-state index is 0.0677. The van der Waals surface area contributed by atoms with Gasteiger partial charge in [-0.3, -0.25) is 0 Å². The fraction of sp³-hybridized carbons (Fsp3) is 0.600. The summed E-state index contributed by atoms with van der Waals surface area (Å²) < 4.78 is 27.3. The van der Waals surface area contributed by atoms with E-state index in [1.807, 2.05) is 6.07 Å². The number of nitrogens with zero attached hydrogens (tertiary/aromatic N) is 1. The molecule has 0 aromatic heterocycles. The third-order valence-electron chi connectivity index (χ3n) is 3.79. The summed E-state index contributed by atoms with van der Waals surface area (Å²) in [6.45, 7) is 5.30. The van der Waals surface area contributed by atoms with Crippen LogP contribution in [-0.4, -0.2) is 39.0 Å². The van der Waals surface area contributed by atoms with Gasteiger partial charge in [0, 0.05) is 6.04 Å². The molecule has 0 amide bonds. The maximum atomic E-state index is 12.2. The third kappa shape index (κ3) is 4.30. The Morgan fingerprint density at radius 1 is 1.20 bits per heavy atom. The molecule has 1 heterocycles. The van der Waals surface area contributed by atoms with Crippen molar-refractivity contribution >= 4 is 10.0 Å². The average Bonchev–Trinajstić information content (AvgIpc) is 2.47. The molecule has 1 fully saturated rings. The molecule has 1 aliphatic heterocycles. The quantitative estimate of drug-likeness (QED) is 0.876. The number of nitrogens with one attached hydrogen (secondary N) is 1. The third-order valence-corrected chi connectivity index (χ3v) is 5.33. The van der Waals surface area contributed by atoms with Gasteiger partial charge in [-0.1, -0.05) is 31.5 Å². The highest BCUT2D eigenvalue weighted by Crippen LogP contribution is 2.15. The van der Waals surface area contributed by atoms with Gasteiger partial charge in [-0.2, -0.15) is 0 Å². The molecule has 0 atom stereocenters. The molecule has 2 rings (SSSR count). The largest absolute Gasteiger partial charge is 0.303 e. The standard InChI is InChI=1S/C15H24N2O2S/c1-2-3-11-17-12-9-14(10-13-17)16-20(18,19)15-7-5-4-6-8-15/h4-8,14,16H,2-3,9-13H2,1H3. The van der Waals surface area contributed by atoms with Gasteiger partial charge in [-0.25, -0.2) is 13.1 Å². The molecule has 112 valence electrons. The summed E-state index contributed by atoms with van der Waals surface area (Å²) >= 11 is 0. The summed E-state index contributed by atoms with van der Waals surface area (Å²) in [5.74, 6) is 0. The minimum Gasteiger partial charge on any atom is -0.303 e. The Hall–Kier alpha value is -0.910. The Morgan fingerprint density at radius 2 is 1.85 bits per heavy atom. The molecule has 0 radical (unpaired) electrons. The number of hydrogen-bond acceptors (Lipinski definition) is 3. The normalized spacial score (nSPS) is 18.2. The van der Waals surface area contributed by atoms with E-state index in [1.165, 1.54) is 12.8 Å². The molecule has 20 heavy (non-hydrogen) atoms. The molecule has 0 aliphatic carbocycles. The van der Waals surface area contributed by atoms with Crippen LogP contribution >= 0.6 is 0 Å². The summed E-state index contributed by atoms with van der Waals surface area (Å²) in [7, 11) is -3.36. The van der Waals surface area contributed by atoms with Gasteiger partial charge in [0.2, 0.25) is 10.0 Å². The van der Waals surface area contributed by atoms with Crippen LogP contribution in [0.5, 0.6) is 0 Å². The van der Waals surface area contributed by atoms with E-state index in [4.69, 9.17) is 0 Å². The first-order valence-corrected chi connectivity index (χ1v) is 8.90. The first kappa shape index (κ1) is 15.5. The van der Waals surface area contributed by atoms with Crippen LogP contribution in [-0.2, 0) is 10.0 Å². The number of piperidine rings is 1. The average molecular weight is 296 g/mol. The maximum Gasteiger partial charge on any atom is 0.240 e. The van der Waals surface area contributed by atoms with E-state index in [-0.39, 0.29) is 6.04 Å². The monoisotopic (exact) mass is 296 g/mol. The second-order valence-electron chi connectivity index (χ2n) is 5.40. The van der Waals surface area contributed by atoms with Crippen molar-refractivity contribution in [1.82, 2.24) is 9.62 Å². The van der Waals surface area contributed by atoms with Crippen LogP contribution in [0.3, 0.4) is 0 Å². The SMILES string of the molecule is CCCCN1CCC(NS(=O)(=O)c2ccccc2)CC1. The van der Waals surface area contributed by atoms with Crippen LogP contribution in [0.15, 0.2) is 35.2 Å². The lowest BCUT2D eigenvalue weighted by Crippen LogP contribution is -2.44. The number of hydrogen-bond donors (Lipinski definition) is 1. The predicted octanol–water partition coefficient (Wildman–Crippen LogP) is 2.23. The lowest BCUT2D eigenvalue weighted by molar-refractivity contribution is 0.205. The fourth-order valence-corrected chi connectivity index (χ4v) is 3.87. The number of benzene rings is 1. The Morgan fingerprint density at radius 3 is 2.45 bits per heavy atom. The summed E-state index contributed by atoms with van der Waals surface area (Å²) in [6, 6.07) is 8.67. The lowest BCUT2D eigenvalue weighted by Gasteiger charge is -2.32. The molecule has 0 bridgehead atoms. The van der Waals surface area contributed by atoms with Crippen LogP contribution in [0.25, 0.3) is 0 Å². The van der Waals surface area contributed by atoms with E-state index in [9.17, 15) is 8.42 Å². The predicted molar refractivity (Wildman–Crippen MR) is 81.1 cm³/mol. The number of likely N-dealkylation sites (tertiary alicyclic amines) is 1. The van der Waals surface area contributed by atoms with Gasteiger partial charge in [0.1, 0.15) is 0 Å². The smallest absolute Gasteiger partial charge is 0.240 e. The van der Waals surface area contributed by atoms with E-state index < -0.39 is 10.0 Å². The highest BCUT2D eigenvalue weighted by atomic mass is 32.2. The molecule has 1 N–H and O–H groups in total. The molecule has 1 saturated heterocycles. The molecule has 0 spiro atoms. The minimum atomic E-state index is -3.36. The Labute approximate surface area is 122 Å². The molecular weight excluding hydrogens is 272 g/mol. The van der Waals surface area contributed by atoms with Gasteiger partial charge >= 0.3 is 0 Å². The molecule has 0 saturated carbocycles. The highest BCUT2D eigenvalue weighted by Gasteiger charge is 2.24. The van der Waals surface area contributed by atoms with Crippen LogP contribution in [0.1, 0.15) is 32.6 Å². The molecule has 0 unspecified atom stereocenters. The lowest BCUT2D eigenvalue weighted by atomic mass is 10.1.